The molecule has 0 unspecified atom stereocenters. The molecule has 177 valence electrons. The molecule has 13 heteroatoms. The van der Waals surface area contributed by atoms with E-state index in [4.69, 9.17) is 11.2 Å². The molecular weight excluding hydrogens is 1270 g/mol. The van der Waals surface area contributed by atoms with Crippen LogP contribution in [0.1, 0.15) is 78.1 Å². The molecule has 0 heterocycles. The van der Waals surface area contributed by atoms with E-state index in [1.165, 1.54) is 32.0 Å². The summed E-state index contributed by atoms with van der Waals surface area (Å²) in [6, 6.07) is 0. The maximum absolute atomic E-state index is 10.4. The fourth-order valence-corrected chi connectivity index (χ4v) is 5.77. The summed E-state index contributed by atoms with van der Waals surface area (Å²) in [4.78, 5) is 10.9. The van der Waals surface area contributed by atoms with Crippen molar-refractivity contribution in [3.63, 3.8) is 0 Å². The van der Waals surface area contributed by atoms with Gasteiger partial charge in [0.1, 0.15) is 0 Å². The molecular formula is C16H36B4I8O-3. The van der Waals surface area contributed by atoms with Crippen LogP contribution in [-0.2, 0) is 4.79 Å². The first-order valence-electron chi connectivity index (χ1n) is 11.5. The molecule has 0 rings (SSSR count). The van der Waals surface area contributed by atoms with Crippen molar-refractivity contribution in [1.82, 2.24) is 0 Å². The van der Waals surface area contributed by atoms with Crippen molar-refractivity contribution in [2.24, 2.45) is 0 Å². The molecule has 0 aliphatic carbocycles. The third-order valence-corrected chi connectivity index (χ3v) is 11.3. The van der Waals surface area contributed by atoms with Crippen LogP contribution >= 0.6 is 90.1 Å². The quantitative estimate of drug-likeness (QED) is 0.110. The van der Waals surface area contributed by atoms with Crippen LogP contribution in [0, 0.1) is 0 Å². The van der Waals surface area contributed by atoms with Gasteiger partial charge in [0.15, 0.2) is 0 Å². The zero-order chi connectivity index (χ0) is 26.6. The third-order valence-electron chi connectivity index (χ3n) is 2.33. The Morgan fingerprint density at radius 2 is 1.55 bits per heavy atom. The molecule has 0 N–H and O–H groups in total. The zero-order valence-corrected chi connectivity index (χ0v) is 34.7. The Kier molecular flexibility index (Phi) is 60.7. The van der Waals surface area contributed by atoms with Gasteiger partial charge in [-0.25, -0.2) is 0 Å². The van der Waals surface area contributed by atoms with E-state index in [9.17, 15) is 4.79 Å². The van der Waals surface area contributed by atoms with Crippen LogP contribution in [0.15, 0.2) is 0 Å². The number of alkyl halides is 1. The van der Waals surface area contributed by atoms with Gasteiger partial charge in [0.2, 0.25) is 0 Å². The molecule has 0 saturated carbocycles. The first-order valence-corrected chi connectivity index (χ1v) is 40.4. The monoisotopic (exact) mass is 1310 g/mol. The van der Waals surface area contributed by atoms with E-state index >= 15 is 0 Å². The molecule has 0 aliphatic rings. The van der Waals surface area contributed by atoms with Gasteiger partial charge in [-0.3, -0.25) is 0 Å². The van der Waals surface area contributed by atoms with Crippen molar-refractivity contribution in [3.8, 4) is 0 Å². The standard InChI is InChI=1S/C7H15BI2.C5H9BI2O.C2H6.2CH3BI2/c1-2-3-4-5-6-7-8-10-9;1-5(9)3-2-4-6-8-7;1-2;1-4(2)3;1-2-4-3/h2-7H2,1H3;2-4H2,1H3;1-2H3;2*1H3/q2*-1;;;-1/i1D;;3*1D. The van der Waals surface area contributed by atoms with Gasteiger partial charge in [0, 0.05) is 1.37 Å². The number of hydrogen-bond acceptors (Lipinski definition) is 1. The van der Waals surface area contributed by atoms with E-state index in [2.05, 4.69) is 84.7 Å². The Labute approximate surface area is 269 Å². The van der Waals surface area contributed by atoms with Gasteiger partial charge in [-0.1, -0.05) is 13.8 Å². The van der Waals surface area contributed by atoms with Crippen molar-refractivity contribution in [3.05, 3.63) is 0 Å². The molecule has 0 aliphatic heterocycles. The summed E-state index contributed by atoms with van der Waals surface area (Å²) < 4.78 is 26.3. The van der Waals surface area contributed by atoms with Crippen molar-refractivity contribution in [1.29, 1.82) is 0 Å². The van der Waals surface area contributed by atoms with Crippen LogP contribution in [0.3, 0.4) is 0 Å². The van der Waals surface area contributed by atoms with E-state index in [0.717, 1.165) is 25.6 Å². The van der Waals surface area contributed by atoms with Crippen LogP contribution in [0.5, 0.6) is 0 Å². The maximum atomic E-state index is 10.4. The molecule has 0 saturated heterocycles. The van der Waals surface area contributed by atoms with Gasteiger partial charge in [0.05, 0.1) is 0 Å². The second-order valence-corrected chi connectivity index (χ2v) is 27.2. The topological polar surface area (TPSA) is 17.1 Å². The number of hydrogen-bond donors (Lipinski definition) is 0. The predicted octanol–water partition coefficient (Wildman–Crippen LogP) is -0.0596. The van der Waals surface area contributed by atoms with Crippen molar-refractivity contribution in [2.75, 3.05) is 4.91 Å². The van der Waals surface area contributed by atoms with Crippen molar-refractivity contribution < 1.29 is 61.3 Å². The van der Waals surface area contributed by atoms with Crippen molar-refractivity contribution in [2.45, 2.75) is 92.0 Å². The summed E-state index contributed by atoms with van der Waals surface area (Å²) in [7, 11) is 0. The molecule has 0 amide bonds. The number of unbranched alkanes of at least 4 members (excludes halogenated alkanes) is 4. The predicted molar refractivity (Wildman–Crippen MR) is 175 cm³/mol. The normalized spacial score (nSPS) is 11.0. The molecule has 0 spiro atoms. The Morgan fingerprint density at radius 3 is 1.90 bits per heavy atom. The molecule has 0 bridgehead atoms. The Balaban J connectivity index is -0.000000106. The SMILES string of the molecule is CC(=O)CCC[B][I-]I.[2H]CC.[2H]CCCCCCC[B][I-]I.[2H]CI([B])I.[2H]C[B][I-]I. The molecule has 0 aromatic rings. The van der Waals surface area contributed by atoms with E-state index in [1.54, 1.807) is 13.8 Å². The summed E-state index contributed by atoms with van der Waals surface area (Å²) >= 11 is 9.20. The van der Waals surface area contributed by atoms with E-state index in [0.29, 0.717) is 65.3 Å². The average molecular weight is 1310 g/mol. The minimum atomic E-state index is -1.15. The molecule has 0 aromatic carbocycles. The number of ketones is 1. The van der Waals surface area contributed by atoms with Gasteiger partial charge in [-0.15, -0.1) is 0 Å². The van der Waals surface area contributed by atoms with Crippen LogP contribution < -0.4 is 51.0 Å². The molecule has 0 aromatic heterocycles. The summed E-state index contributed by atoms with van der Waals surface area (Å²) in [6.45, 7) is 5.07. The zero-order valence-electron chi connectivity index (χ0n) is 21.4. The molecule has 5 radical (unpaired) electrons. The van der Waals surface area contributed by atoms with Gasteiger partial charge < -0.3 is 0 Å². The fourth-order valence-electron chi connectivity index (χ4n) is 1.26. The fraction of sp³-hybridized carbons (Fsp3) is 0.938. The summed E-state index contributed by atoms with van der Waals surface area (Å²) in [5, 5.41) is 6.77. The number of Topliss-reactive ketones (excluding diaryl/α,β-unsaturated/α-hetero) is 1. The van der Waals surface area contributed by atoms with E-state index in [1.807, 2.05) is 5.14 Å². The molecule has 0 fully saturated rings. The third kappa shape index (κ3) is 87.2. The van der Waals surface area contributed by atoms with Gasteiger partial charge in [-0.05, 0) is 0 Å². The Hall–Kier alpha value is 5.77. The molecule has 29 heavy (non-hydrogen) atoms. The van der Waals surface area contributed by atoms with Crippen LogP contribution in [0.25, 0.3) is 0 Å². The average Bonchev–Trinajstić information content (AvgIpc) is 2.78. The Morgan fingerprint density at radius 1 is 1.03 bits per heavy atom. The summed E-state index contributed by atoms with van der Waals surface area (Å²) in [5.41, 5.74) is 5.25. The molecule has 0 atom stereocenters. The van der Waals surface area contributed by atoms with E-state index in [-0.39, 0.29) is 17.0 Å². The van der Waals surface area contributed by atoms with Crippen LogP contribution in [-0.4, -0.2) is 31.8 Å². The number of rotatable bonds is 13. The van der Waals surface area contributed by atoms with Crippen LogP contribution in [0.2, 0.25) is 19.4 Å². The minimum absolute atomic E-state index is 0.265. The van der Waals surface area contributed by atoms with Gasteiger partial charge in [-0.2, -0.15) is 0 Å². The Bertz CT molecular complexity index is 316. The second kappa shape index (κ2) is 50.6. The van der Waals surface area contributed by atoms with Gasteiger partial charge in [0.25, 0.3) is 0 Å². The van der Waals surface area contributed by atoms with Crippen LogP contribution in [0.4, 0.5) is 0 Å². The first-order chi connectivity index (χ1) is 15.8. The van der Waals surface area contributed by atoms with Crippen molar-refractivity contribution >= 4 is 117 Å². The van der Waals surface area contributed by atoms with Gasteiger partial charge >= 0.3 is 260 Å². The second-order valence-electron chi connectivity index (χ2n) is 4.70. The first kappa shape index (κ1) is 34.8. The molecule has 1 nitrogen and oxygen atoms in total. The number of carbonyl (C=O) groups excluding carboxylic acids is 1. The van der Waals surface area contributed by atoms with E-state index < -0.39 is 15.6 Å². The summed E-state index contributed by atoms with van der Waals surface area (Å²) in [5.74, 6) is 0.315. The summed E-state index contributed by atoms with van der Waals surface area (Å²) in [6.07, 6.45) is 10.7. The number of halogens is 8. The number of carbonyl (C=O) groups is 1.